The van der Waals surface area contributed by atoms with E-state index >= 15 is 0 Å². The van der Waals surface area contributed by atoms with Crippen LogP contribution >= 0.6 is 0 Å². The van der Waals surface area contributed by atoms with E-state index < -0.39 is 0 Å². The van der Waals surface area contributed by atoms with E-state index in [0.29, 0.717) is 12.1 Å². The van der Waals surface area contributed by atoms with Crippen LogP contribution in [0.5, 0.6) is 0 Å². The lowest BCUT2D eigenvalue weighted by Gasteiger charge is -2.49. The first-order valence-electron chi connectivity index (χ1n) is 8.16. The summed E-state index contributed by atoms with van der Waals surface area (Å²) in [7, 11) is 6.58. The SMILES string of the molecule is CN(CC1(N(C)C)CCC1)c1nc2c(cc1CN)CCC2. The summed E-state index contributed by atoms with van der Waals surface area (Å²) < 4.78 is 0. The number of pyridine rings is 1. The Labute approximate surface area is 128 Å². The number of hydrogen-bond acceptors (Lipinski definition) is 4. The molecule has 3 rings (SSSR count). The maximum Gasteiger partial charge on any atom is 0.133 e. The van der Waals surface area contributed by atoms with Crippen LogP contribution in [0.2, 0.25) is 0 Å². The fourth-order valence-corrected chi connectivity index (χ4v) is 3.84. The van der Waals surface area contributed by atoms with Gasteiger partial charge in [-0.05, 0) is 64.3 Å². The first-order valence-corrected chi connectivity index (χ1v) is 8.16. The third kappa shape index (κ3) is 2.55. The van der Waals surface area contributed by atoms with Gasteiger partial charge < -0.3 is 15.5 Å². The van der Waals surface area contributed by atoms with Crippen LogP contribution in [0, 0.1) is 0 Å². The van der Waals surface area contributed by atoms with Crippen molar-refractivity contribution in [2.45, 2.75) is 50.6 Å². The summed E-state index contributed by atoms with van der Waals surface area (Å²) in [6.07, 6.45) is 7.44. The molecule has 2 aliphatic rings. The smallest absolute Gasteiger partial charge is 0.133 e. The summed E-state index contributed by atoms with van der Waals surface area (Å²) in [5, 5.41) is 0. The molecule has 2 N–H and O–H groups in total. The number of likely N-dealkylation sites (N-methyl/N-ethyl adjacent to an activating group) is 2. The van der Waals surface area contributed by atoms with E-state index in [4.69, 9.17) is 10.7 Å². The number of fused-ring (bicyclic) bond motifs is 1. The third-order valence-electron chi connectivity index (χ3n) is 5.45. The molecule has 21 heavy (non-hydrogen) atoms. The largest absolute Gasteiger partial charge is 0.358 e. The van der Waals surface area contributed by atoms with Gasteiger partial charge in [0.2, 0.25) is 0 Å². The molecule has 0 amide bonds. The minimum Gasteiger partial charge on any atom is -0.358 e. The molecule has 0 radical (unpaired) electrons. The summed E-state index contributed by atoms with van der Waals surface area (Å²) in [4.78, 5) is 9.68. The summed E-state index contributed by atoms with van der Waals surface area (Å²) in [6, 6.07) is 2.30. The number of aryl methyl sites for hydroxylation is 2. The summed E-state index contributed by atoms with van der Waals surface area (Å²) in [6.45, 7) is 1.62. The van der Waals surface area contributed by atoms with Crippen molar-refractivity contribution in [3.63, 3.8) is 0 Å². The van der Waals surface area contributed by atoms with Crippen molar-refractivity contribution in [3.8, 4) is 0 Å². The molecule has 0 atom stereocenters. The van der Waals surface area contributed by atoms with Crippen molar-refractivity contribution in [1.29, 1.82) is 0 Å². The molecule has 0 aliphatic heterocycles. The molecule has 1 fully saturated rings. The summed E-state index contributed by atoms with van der Waals surface area (Å²) >= 11 is 0. The van der Waals surface area contributed by atoms with Gasteiger partial charge in [-0.25, -0.2) is 4.98 Å². The van der Waals surface area contributed by atoms with Crippen LogP contribution in [-0.4, -0.2) is 43.1 Å². The normalized spacial score (nSPS) is 19.5. The first-order chi connectivity index (χ1) is 10.1. The van der Waals surface area contributed by atoms with Crippen molar-refractivity contribution in [3.05, 3.63) is 22.9 Å². The van der Waals surface area contributed by atoms with Crippen LogP contribution in [0.4, 0.5) is 5.82 Å². The number of nitrogens with two attached hydrogens (primary N) is 1. The van der Waals surface area contributed by atoms with Crippen LogP contribution in [0.3, 0.4) is 0 Å². The van der Waals surface area contributed by atoms with Crippen LogP contribution in [0.25, 0.3) is 0 Å². The molecular formula is C17H28N4. The Hall–Kier alpha value is -1.13. The highest BCUT2D eigenvalue weighted by Crippen LogP contribution is 2.38. The molecule has 4 nitrogen and oxygen atoms in total. The highest BCUT2D eigenvalue weighted by atomic mass is 15.3. The maximum absolute atomic E-state index is 5.98. The van der Waals surface area contributed by atoms with Gasteiger partial charge in [0.1, 0.15) is 5.82 Å². The molecule has 0 saturated heterocycles. The Kier molecular flexibility index (Phi) is 3.93. The second kappa shape index (κ2) is 5.58. The van der Waals surface area contributed by atoms with Crippen molar-refractivity contribution < 1.29 is 0 Å². The lowest BCUT2D eigenvalue weighted by Crippen LogP contribution is -2.57. The zero-order valence-corrected chi connectivity index (χ0v) is 13.7. The molecular weight excluding hydrogens is 260 g/mol. The zero-order valence-electron chi connectivity index (χ0n) is 13.7. The molecule has 0 spiro atoms. The minimum absolute atomic E-state index is 0.321. The number of anilines is 1. The standard InChI is InChI=1S/C17H28N4/c1-20(2)17(8-5-9-17)12-21(3)16-14(11-18)10-13-6-4-7-15(13)19-16/h10H,4-9,11-12,18H2,1-3H3. The molecule has 1 saturated carbocycles. The lowest BCUT2D eigenvalue weighted by molar-refractivity contribution is 0.0681. The monoisotopic (exact) mass is 288 g/mol. The second-order valence-electron chi connectivity index (χ2n) is 6.96. The predicted molar refractivity (Wildman–Crippen MR) is 87.7 cm³/mol. The molecule has 0 unspecified atom stereocenters. The molecule has 4 heteroatoms. The molecule has 1 aromatic heterocycles. The van der Waals surface area contributed by atoms with Crippen LogP contribution in [-0.2, 0) is 19.4 Å². The van der Waals surface area contributed by atoms with Gasteiger partial charge >= 0.3 is 0 Å². The van der Waals surface area contributed by atoms with Gasteiger partial charge in [-0.1, -0.05) is 0 Å². The number of hydrogen-bond donors (Lipinski definition) is 1. The van der Waals surface area contributed by atoms with Gasteiger partial charge in [-0.3, -0.25) is 0 Å². The van der Waals surface area contributed by atoms with Gasteiger partial charge in [0.15, 0.2) is 0 Å². The minimum atomic E-state index is 0.321. The van der Waals surface area contributed by atoms with E-state index in [1.165, 1.54) is 48.9 Å². The van der Waals surface area contributed by atoms with Gasteiger partial charge in [-0.2, -0.15) is 0 Å². The third-order valence-corrected chi connectivity index (χ3v) is 5.45. The molecule has 1 heterocycles. The van der Waals surface area contributed by atoms with E-state index in [-0.39, 0.29) is 0 Å². The molecule has 0 aromatic carbocycles. The zero-order chi connectivity index (χ0) is 15.0. The maximum atomic E-state index is 5.98. The predicted octanol–water partition coefficient (Wildman–Crippen LogP) is 1.95. The lowest BCUT2D eigenvalue weighted by atomic mass is 9.75. The van der Waals surface area contributed by atoms with Crippen molar-refractivity contribution >= 4 is 5.82 Å². The average Bonchev–Trinajstić information content (AvgIpc) is 2.87. The fraction of sp³-hybridized carbons (Fsp3) is 0.706. The van der Waals surface area contributed by atoms with E-state index in [9.17, 15) is 0 Å². The number of nitrogens with zero attached hydrogens (tertiary/aromatic N) is 3. The molecule has 0 bridgehead atoms. The van der Waals surface area contributed by atoms with E-state index in [0.717, 1.165) is 18.8 Å². The van der Waals surface area contributed by atoms with Crippen molar-refractivity contribution in [2.24, 2.45) is 5.73 Å². The highest BCUT2D eigenvalue weighted by molar-refractivity contribution is 5.51. The molecule has 116 valence electrons. The Bertz CT molecular complexity index is 520. The topological polar surface area (TPSA) is 45.4 Å². The molecule has 2 aliphatic carbocycles. The Morgan fingerprint density at radius 1 is 1.19 bits per heavy atom. The Morgan fingerprint density at radius 2 is 1.95 bits per heavy atom. The average molecular weight is 288 g/mol. The first kappa shape index (κ1) is 14.8. The van der Waals surface area contributed by atoms with Gasteiger partial charge in [-0.15, -0.1) is 0 Å². The van der Waals surface area contributed by atoms with Crippen LogP contribution < -0.4 is 10.6 Å². The molecule has 1 aromatic rings. The second-order valence-corrected chi connectivity index (χ2v) is 6.96. The summed E-state index contributed by atoms with van der Waals surface area (Å²) in [5.74, 6) is 1.10. The van der Waals surface area contributed by atoms with Gasteiger partial charge in [0, 0.05) is 36.9 Å². The van der Waals surface area contributed by atoms with Crippen molar-refractivity contribution in [1.82, 2.24) is 9.88 Å². The number of aromatic nitrogens is 1. The highest BCUT2D eigenvalue weighted by Gasteiger charge is 2.40. The van der Waals surface area contributed by atoms with E-state index in [1.54, 1.807) is 0 Å². The van der Waals surface area contributed by atoms with E-state index in [1.807, 2.05) is 0 Å². The van der Waals surface area contributed by atoms with Gasteiger partial charge in [0.05, 0.1) is 0 Å². The fourth-order valence-electron chi connectivity index (χ4n) is 3.84. The van der Waals surface area contributed by atoms with Crippen LogP contribution in [0.15, 0.2) is 6.07 Å². The van der Waals surface area contributed by atoms with Gasteiger partial charge in [0.25, 0.3) is 0 Å². The Balaban J connectivity index is 1.85. The number of rotatable bonds is 5. The quantitative estimate of drug-likeness (QED) is 0.899. The van der Waals surface area contributed by atoms with E-state index in [2.05, 4.69) is 37.0 Å². The van der Waals surface area contributed by atoms with Crippen LogP contribution in [0.1, 0.15) is 42.5 Å². The van der Waals surface area contributed by atoms with Crippen molar-refractivity contribution in [2.75, 3.05) is 32.6 Å². The summed E-state index contributed by atoms with van der Waals surface area (Å²) in [5.41, 5.74) is 10.2. The Morgan fingerprint density at radius 3 is 2.52 bits per heavy atom.